The Morgan fingerprint density at radius 2 is 2.16 bits per heavy atom. The Balaban J connectivity index is 1.55. The van der Waals surface area contributed by atoms with Crippen LogP contribution >= 0.6 is 0 Å². The number of benzene rings is 1. The topological polar surface area (TPSA) is 70.4 Å². The first-order valence-electron chi connectivity index (χ1n) is 8.54. The number of likely N-dealkylation sites (tertiary alicyclic amines) is 1. The average molecular weight is 346 g/mol. The number of hydrogen-bond acceptors (Lipinski definition) is 3. The number of hydrogen-bond donors (Lipinski definition) is 2. The first kappa shape index (κ1) is 17.4. The van der Waals surface area contributed by atoms with Gasteiger partial charge in [0.05, 0.1) is 24.0 Å². The summed E-state index contributed by atoms with van der Waals surface area (Å²) in [6.07, 6.45) is 3.23. The minimum Gasteiger partial charge on any atom is -0.393 e. The van der Waals surface area contributed by atoms with Crippen LogP contribution in [0.15, 0.2) is 36.5 Å². The predicted octanol–water partition coefficient (Wildman–Crippen LogP) is 2.31. The van der Waals surface area contributed by atoms with Gasteiger partial charge in [-0.25, -0.2) is 13.9 Å². The Labute approximate surface area is 146 Å². The number of nitrogens with zero attached hydrogens (tertiary/aromatic N) is 3. The summed E-state index contributed by atoms with van der Waals surface area (Å²) in [6.45, 7) is 3.38. The van der Waals surface area contributed by atoms with Crippen molar-refractivity contribution in [3.8, 4) is 5.69 Å². The van der Waals surface area contributed by atoms with E-state index in [-0.39, 0.29) is 17.8 Å². The molecule has 1 aromatic heterocycles. The van der Waals surface area contributed by atoms with Crippen molar-refractivity contribution in [2.45, 2.75) is 32.4 Å². The standard InChI is InChI=1S/C18H23FN4O2/c1-13(24)14-3-2-9-22(12-14)18(25)20-11-16-8-10-23(21-16)17-6-4-15(19)5-7-17/h4-8,10,13-14,24H,2-3,9,11-12H2,1H3,(H,20,25). The molecule has 25 heavy (non-hydrogen) atoms. The number of aliphatic hydroxyl groups excluding tert-OH is 1. The number of nitrogens with one attached hydrogen (secondary N) is 1. The predicted molar refractivity (Wildman–Crippen MR) is 91.7 cm³/mol. The first-order chi connectivity index (χ1) is 12.0. The Hall–Kier alpha value is -2.41. The Kier molecular flexibility index (Phi) is 5.33. The summed E-state index contributed by atoms with van der Waals surface area (Å²) in [6, 6.07) is 7.74. The van der Waals surface area contributed by atoms with Crippen molar-refractivity contribution < 1.29 is 14.3 Å². The monoisotopic (exact) mass is 346 g/mol. The highest BCUT2D eigenvalue weighted by Crippen LogP contribution is 2.19. The van der Waals surface area contributed by atoms with E-state index in [2.05, 4.69) is 10.4 Å². The maximum absolute atomic E-state index is 13.0. The summed E-state index contributed by atoms with van der Waals surface area (Å²) in [7, 11) is 0. The number of aromatic nitrogens is 2. The molecular weight excluding hydrogens is 323 g/mol. The van der Waals surface area contributed by atoms with Gasteiger partial charge < -0.3 is 15.3 Å². The summed E-state index contributed by atoms with van der Waals surface area (Å²) in [4.78, 5) is 14.1. The maximum atomic E-state index is 13.0. The number of carbonyl (C=O) groups is 1. The molecule has 1 saturated heterocycles. The van der Waals surface area contributed by atoms with E-state index in [1.165, 1.54) is 12.1 Å². The van der Waals surface area contributed by atoms with Gasteiger partial charge in [0.1, 0.15) is 5.82 Å². The van der Waals surface area contributed by atoms with Gasteiger partial charge in [-0.15, -0.1) is 0 Å². The van der Waals surface area contributed by atoms with Gasteiger partial charge in [0, 0.05) is 25.2 Å². The first-order valence-corrected chi connectivity index (χ1v) is 8.54. The fraction of sp³-hybridized carbons (Fsp3) is 0.444. The summed E-state index contributed by atoms with van der Waals surface area (Å²) in [5.41, 5.74) is 1.48. The molecule has 1 aliphatic heterocycles. The molecule has 2 aromatic rings. The van der Waals surface area contributed by atoms with Crippen LogP contribution in [0.5, 0.6) is 0 Å². The van der Waals surface area contributed by atoms with Gasteiger partial charge in [-0.3, -0.25) is 0 Å². The second-order valence-electron chi connectivity index (χ2n) is 6.48. The molecule has 0 bridgehead atoms. The zero-order valence-electron chi connectivity index (χ0n) is 14.2. The molecule has 2 atom stereocenters. The van der Waals surface area contributed by atoms with Crippen LogP contribution in [0, 0.1) is 11.7 Å². The number of halogens is 1. The lowest BCUT2D eigenvalue weighted by Crippen LogP contribution is -2.47. The second-order valence-corrected chi connectivity index (χ2v) is 6.48. The van der Waals surface area contributed by atoms with Crippen molar-refractivity contribution in [1.29, 1.82) is 0 Å². The average Bonchev–Trinajstić information content (AvgIpc) is 3.09. The highest BCUT2D eigenvalue weighted by molar-refractivity contribution is 5.74. The maximum Gasteiger partial charge on any atom is 0.317 e. The summed E-state index contributed by atoms with van der Waals surface area (Å²) in [5.74, 6) is -0.155. The lowest BCUT2D eigenvalue weighted by Gasteiger charge is -2.34. The Morgan fingerprint density at radius 1 is 1.40 bits per heavy atom. The van der Waals surface area contributed by atoms with E-state index in [4.69, 9.17) is 0 Å². The lowest BCUT2D eigenvalue weighted by atomic mass is 9.94. The van der Waals surface area contributed by atoms with E-state index in [1.54, 1.807) is 34.8 Å². The number of amides is 2. The molecule has 2 amide bonds. The molecule has 1 fully saturated rings. The molecule has 0 saturated carbocycles. The van der Waals surface area contributed by atoms with Crippen molar-refractivity contribution in [3.05, 3.63) is 48.0 Å². The molecule has 3 rings (SSSR count). The minimum absolute atomic E-state index is 0.136. The lowest BCUT2D eigenvalue weighted by molar-refractivity contribution is 0.0738. The van der Waals surface area contributed by atoms with Gasteiger partial charge in [0.25, 0.3) is 0 Å². The molecule has 0 spiro atoms. The van der Waals surface area contributed by atoms with Crippen LogP contribution in [-0.4, -0.2) is 45.0 Å². The molecule has 134 valence electrons. The fourth-order valence-electron chi connectivity index (χ4n) is 3.06. The van der Waals surface area contributed by atoms with E-state index in [1.807, 2.05) is 6.07 Å². The van der Waals surface area contributed by atoms with Gasteiger partial charge >= 0.3 is 6.03 Å². The van der Waals surface area contributed by atoms with Gasteiger partial charge in [0.2, 0.25) is 0 Å². The molecule has 2 unspecified atom stereocenters. The van der Waals surface area contributed by atoms with Gasteiger partial charge in [-0.1, -0.05) is 0 Å². The molecular formula is C18H23FN4O2. The zero-order valence-corrected chi connectivity index (χ0v) is 14.2. The van der Waals surface area contributed by atoms with E-state index in [0.717, 1.165) is 24.2 Å². The van der Waals surface area contributed by atoms with E-state index in [9.17, 15) is 14.3 Å². The smallest absolute Gasteiger partial charge is 0.317 e. The van der Waals surface area contributed by atoms with Crippen molar-refractivity contribution in [2.24, 2.45) is 5.92 Å². The summed E-state index contributed by atoms with van der Waals surface area (Å²) in [5, 5.41) is 17.0. The minimum atomic E-state index is -0.401. The van der Waals surface area contributed by atoms with Crippen LogP contribution in [0.3, 0.4) is 0 Å². The number of piperidine rings is 1. The number of aliphatic hydroxyl groups is 1. The van der Waals surface area contributed by atoms with E-state index < -0.39 is 6.10 Å². The van der Waals surface area contributed by atoms with Crippen LogP contribution in [-0.2, 0) is 6.54 Å². The molecule has 6 nitrogen and oxygen atoms in total. The quantitative estimate of drug-likeness (QED) is 0.892. The van der Waals surface area contributed by atoms with Crippen LogP contribution in [0.2, 0.25) is 0 Å². The molecule has 1 aliphatic rings. The largest absolute Gasteiger partial charge is 0.393 e. The third kappa shape index (κ3) is 4.36. The van der Waals surface area contributed by atoms with Crippen molar-refractivity contribution in [2.75, 3.05) is 13.1 Å². The highest BCUT2D eigenvalue weighted by atomic mass is 19.1. The van der Waals surface area contributed by atoms with E-state index in [0.29, 0.717) is 19.6 Å². The third-order valence-corrected chi connectivity index (χ3v) is 4.58. The summed E-state index contributed by atoms with van der Waals surface area (Å²) >= 11 is 0. The molecule has 7 heteroatoms. The molecule has 2 heterocycles. The SMILES string of the molecule is CC(O)C1CCCN(C(=O)NCc2ccn(-c3ccc(F)cc3)n2)C1. The Bertz CT molecular complexity index is 714. The van der Waals surface area contributed by atoms with E-state index >= 15 is 0 Å². The third-order valence-electron chi connectivity index (χ3n) is 4.58. The van der Waals surface area contributed by atoms with Gasteiger partial charge in [-0.05, 0) is 50.1 Å². The number of rotatable bonds is 4. The number of carbonyl (C=O) groups excluding carboxylic acids is 1. The van der Waals surface area contributed by atoms with Gasteiger partial charge in [0.15, 0.2) is 0 Å². The van der Waals surface area contributed by atoms with Crippen molar-refractivity contribution in [1.82, 2.24) is 20.0 Å². The van der Waals surface area contributed by atoms with Gasteiger partial charge in [-0.2, -0.15) is 5.10 Å². The van der Waals surface area contributed by atoms with Crippen LogP contribution in [0.25, 0.3) is 5.69 Å². The Morgan fingerprint density at radius 3 is 2.88 bits per heavy atom. The zero-order chi connectivity index (χ0) is 17.8. The normalized spacial score (nSPS) is 18.8. The highest BCUT2D eigenvalue weighted by Gasteiger charge is 2.26. The van der Waals surface area contributed by atoms with Crippen LogP contribution in [0.4, 0.5) is 9.18 Å². The molecule has 0 radical (unpaired) electrons. The summed E-state index contributed by atoms with van der Waals surface area (Å²) < 4.78 is 14.6. The number of urea groups is 1. The van der Waals surface area contributed by atoms with Crippen molar-refractivity contribution in [3.63, 3.8) is 0 Å². The van der Waals surface area contributed by atoms with Crippen molar-refractivity contribution >= 4 is 6.03 Å². The van der Waals surface area contributed by atoms with Crippen LogP contribution < -0.4 is 5.32 Å². The fourth-order valence-corrected chi connectivity index (χ4v) is 3.06. The molecule has 2 N–H and O–H groups in total. The molecule has 0 aliphatic carbocycles. The molecule has 1 aromatic carbocycles. The second kappa shape index (κ2) is 7.65. The van der Waals surface area contributed by atoms with Crippen LogP contribution in [0.1, 0.15) is 25.5 Å².